The summed E-state index contributed by atoms with van der Waals surface area (Å²) in [6.07, 6.45) is 1.45. The third-order valence-corrected chi connectivity index (χ3v) is 5.90. The molecule has 4 heterocycles. The number of aromatic nitrogens is 5. The van der Waals surface area contributed by atoms with Gasteiger partial charge in [0.2, 0.25) is 0 Å². The summed E-state index contributed by atoms with van der Waals surface area (Å²) in [4.78, 5) is 8.24. The van der Waals surface area contributed by atoms with Crippen molar-refractivity contribution in [2.75, 3.05) is 37.4 Å². The third-order valence-electron chi connectivity index (χ3n) is 5.90. The molecule has 1 aliphatic heterocycles. The first kappa shape index (κ1) is 21.1. The lowest BCUT2D eigenvalue weighted by molar-refractivity contribution is 0.160. The Morgan fingerprint density at radius 2 is 2.16 bits per heavy atom. The Labute approximate surface area is 180 Å². The maximum Gasteiger partial charge on any atom is 0.268 e. The summed E-state index contributed by atoms with van der Waals surface area (Å²) in [5.74, 6) is 0.827. The van der Waals surface area contributed by atoms with E-state index in [1.54, 1.807) is 4.52 Å². The Kier molecular flexibility index (Phi) is 5.80. The van der Waals surface area contributed by atoms with E-state index >= 15 is 0 Å². The SMILES string of the molecule is [C-]#[N+]c1c(NCCc2cc(C)n(C3COCC3CO)n2)nc2c(CC)c(C)nn2c1N. The van der Waals surface area contributed by atoms with Gasteiger partial charge in [0.15, 0.2) is 5.65 Å². The molecule has 4 N–H and O–H groups in total. The van der Waals surface area contributed by atoms with Crippen LogP contribution in [-0.4, -0.2) is 55.9 Å². The van der Waals surface area contributed by atoms with E-state index in [2.05, 4.69) is 20.2 Å². The zero-order chi connectivity index (χ0) is 22.1. The zero-order valence-corrected chi connectivity index (χ0v) is 18.1. The van der Waals surface area contributed by atoms with Crippen molar-refractivity contribution in [3.63, 3.8) is 0 Å². The van der Waals surface area contributed by atoms with E-state index in [9.17, 15) is 5.11 Å². The van der Waals surface area contributed by atoms with Crippen molar-refractivity contribution in [3.05, 3.63) is 40.1 Å². The second-order valence-electron chi connectivity index (χ2n) is 7.90. The number of rotatable bonds is 7. The lowest BCUT2D eigenvalue weighted by atomic mass is 10.1. The molecule has 0 radical (unpaired) electrons. The molecule has 1 saturated heterocycles. The van der Waals surface area contributed by atoms with Crippen molar-refractivity contribution in [1.29, 1.82) is 0 Å². The van der Waals surface area contributed by atoms with Gasteiger partial charge in [-0.05, 0) is 26.3 Å². The number of nitrogens with two attached hydrogens (primary N) is 1. The number of fused-ring (bicyclic) bond motifs is 1. The highest BCUT2D eigenvalue weighted by atomic mass is 16.5. The van der Waals surface area contributed by atoms with Crippen LogP contribution in [0.15, 0.2) is 6.07 Å². The molecular formula is C21H28N8O2. The molecule has 3 aromatic heterocycles. The lowest BCUT2D eigenvalue weighted by Gasteiger charge is -2.17. The predicted molar refractivity (Wildman–Crippen MR) is 117 cm³/mol. The fourth-order valence-corrected chi connectivity index (χ4v) is 4.21. The maximum atomic E-state index is 9.57. The summed E-state index contributed by atoms with van der Waals surface area (Å²) in [6, 6.07) is 2.10. The summed E-state index contributed by atoms with van der Waals surface area (Å²) < 4.78 is 9.03. The Hall–Kier alpha value is -3.16. The summed E-state index contributed by atoms with van der Waals surface area (Å²) in [6.45, 7) is 15.3. The number of aliphatic hydroxyl groups excluding tert-OH is 1. The molecule has 0 spiro atoms. The second kappa shape index (κ2) is 8.53. The van der Waals surface area contributed by atoms with Crippen LogP contribution in [-0.2, 0) is 17.6 Å². The highest BCUT2D eigenvalue weighted by molar-refractivity contribution is 5.80. The van der Waals surface area contributed by atoms with E-state index in [1.165, 1.54) is 0 Å². The predicted octanol–water partition coefficient (Wildman–Crippen LogP) is 2.07. The fraction of sp³-hybridized carbons (Fsp3) is 0.524. The molecular weight excluding hydrogens is 396 g/mol. The highest BCUT2D eigenvalue weighted by Gasteiger charge is 2.30. The van der Waals surface area contributed by atoms with Gasteiger partial charge >= 0.3 is 0 Å². The Morgan fingerprint density at radius 1 is 1.35 bits per heavy atom. The van der Waals surface area contributed by atoms with Gasteiger partial charge < -0.3 is 20.9 Å². The first-order valence-electron chi connectivity index (χ1n) is 10.5. The highest BCUT2D eigenvalue weighted by Crippen LogP contribution is 2.32. The molecule has 3 aromatic rings. The minimum atomic E-state index is 0.0573. The molecule has 0 aliphatic carbocycles. The van der Waals surface area contributed by atoms with Gasteiger partial charge in [0, 0.05) is 30.1 Å². The summed E-state index contributed by atoms with van der Waals surface area (Å²) in [7, 11) is 0. The fourth-order valence-electron chi connectivity index (χ4n) is 4.21. The van der Waals surface area contributed by atoms with Crippen molar-refractivity contribution < 1.29 is 9.84 Å². The van der Waals surface area contributed by atoms with E-state index in [4.69, 9.17) is 22.1 Å². The van der Waals surface area contributed by atoms with E-state index < -0.39 is 0 Å². The number of nitrogens with zero attached hydrogens (tertiary/aromatic N) is 6. The van der Waals surface area contributed by atoms with Crippen molar-refractivity contribution in [2.24, 2.45) is 5.92 Å². The first-order valence-corrected chi connectivity index (χ1v) is 10.5. The molecule has 0 amide bonds. The van der Waals surface area contributed by atoms with Crippen LogP contribution >= 0.6 is 0 Å². The molecule has 31 heavy (non-hydrogen) atoms. The topological polar surface area (TPSA) is 120 Å². The van der Waals surface area contributed by atoms with Crippen LogP contribution in [0, 0.1) is 26.3 Å². The van der Waals surface area contributed by atoms with Crippen LogP contribution in [0.1, 0.15) is 35.6 Å². The monoisotopic (exact) mass is 424 g/mol. The Bertz CT molecular complexity index is 1140. The standard InChI is InChI=1S/C21H28N8O2/c1-5-16-13(3)26-29-19(22)18(23-4)20(25-21(16)29)24-7-6-15-8-12(2)28(27-15)17-11-31-10-14(17)9-30/h8,14,17,30H,5-7,9-11,22H2,1-3H3,(H,24,25). The average molecular weight is 425 g/mol. The van der Waals surface area contributed by atoms with Gasteiger partial charge in [-0.15, -0.1) is 0 Å². The number of nitrogen functional groups attached to an aromatic ring is 1. The van der Waals surface area contributed by atoms with Crippen LogP contribution in [0.3, 0.4) is 0 Å². The Morgan fingerprint density at radius 3 is 2.87 bits per heavy atom. The van der Waals surface area contributed by atoms with E-state index in [0.29, 0.717) is 43.5 Å². The van der Waals surface area contributed by atoms with Gasteiger partial charge in [-0.1, -0.05) is 6.92 Å². The van der Waals surface area contributed by atoms with E-state index in [-0.39, 0.29) is 24.3 Å². The molecule has 2 unspecified atom stereocenters. The summed E-state index contributed by atoms with van der Waals surface area (Å²) in [5, 5.41) is 22.0. The van der Waals surface area contributed by atoms with Crippen molar-refractivity contribution >= 4 is 23.0 Å². The average Bonchev–Trinajstić information content (AvgIpc) is 3.44. The van der Waals surface area contributed by atoms with Crippen LogP contribution in [0.25, 0.3) is 10.5 Å². The van der Waals surface area contributed by atoms with Crippen LogP contribution in [0.4, 0.5) is 17.3 Å². The van der Waals surface area contributed by atoms with Gasteiger partial charge in [0.1, 0.15) is 11.6 Å². The van der Waals surface area contributed by atoms with Crippen LogP contribution < -0.4 is 11.1 Å². The summed E-state index contributed by atoms with van der Waals surface area (Å²) >= 11 is 0. The summed E-state index contributed by atoms with van der Waals surface area (Å²) in [5.41, 5.74) is 11.0. The van der Waals surface area contributed by atoms with Crippen molar-refractivity contribution in [1.82, 2.24) is 24.4 Å². The van der Waals surface area contributed by atoms with Crippen LogP contribution in [0.2, 0.25) is 0 Å². The zero-order valence-electron chi connectivity index (χ0n) is 18.1. The number of nitrogens with one attached hydrogen (secondary N) is 1. The third kappa shape index (κ3) is 3.71. The van der Waals surface area contributed by atoms with Gasteiger partial charge in [-0.3, -0.25) is 4.68 Å². The molecule has 2 atom stereocenters. The molecule has 0 saturated carbocycles. The molecule has 10 heteroatoms. The molecule has 1 fully saturated rings. The minimum Gasteiger partial charge on any atom is -0.396 e. The quantitative estimate of drug-likeness (QED) is 0.497. The van der Waals surface area contributed by atoms with Crippen molar-refractivity contribution in [3.8, 4) is 0 Å². The molecule has 0 aromatic carbocycles. The van der Waals surface area contributed by atoms with E-state index in [1.807, 2.05) is 31.5 Å². The molecule has 10 nitrogen and oxygen atoms in total. The molecule has 164 valence electrons. The minimum absolute atomic E-state index is 0.0573. The molecule has 0 bridgehead atoms. The normalized spacial score (nSPS) is 18.5. The van der Waals surface area contributed by atoms with E-state index in [0.717, 1.165) is 29.1 Å². The number of anilines is 2. The molecule has 4 rings (SSSR count). The number of hydrogen-bond acceptors (Lipinski definition) is 7. The first-order chi connectivity index (χ1) is 15.0. The molecule has 1 aliphatic rings. The lowest BCUT2D eigenvalue weighted by Crippen LogP contribution is -2.22. The van der Waals surface area contributed by atoms with Crippen LogP contribution in [0.5, 0.6) is 0 Å². The number of hydrogen-bond donors (Lipinski definition) is 3. The van der Waals surface area contributed by atoms with Gasteiger partial charge in [-0.25, -0.2) is 14.3 Å². The smallest absolute Gasteiger partial charge is 0.268 e. The second-order valence-corrected chi connectivity index (χ2v) is 7.90. The number of aliphatic hydroxyl groups is 1. The van der Waals surface area contributed by atoms with Gasteiger partial charge in [0.05, 0.1) is 43.8 Å². The number of ether oxygens (including phenoxy) is 1. The largest absolute Gasteiger partial charge is 0.396 e. The van der Waals surface area contributed by atoms with Gasteiger partial charge in [0.25, 0.3) is 5.69 Å². The van der Waals surface area contributed by atoms with Crippen molar-refractivity contribution in [2.45, 2.75) is 39.7 Å². The van der Waals surface area contributed by atoms with Gasteiger partial charge in [-0.2, -0.15) is 10.2 Å². The maximum absolute atomic E-state index is 9.57. The Balaban J connectivity index is 1.53. The number of aryl methyl sites for hydroxylation is 3.